The molecule has 0 aromatic heterocycles. The van der Waals surface area contributed by atoms with E-state index >= 15 is 0 Å². The van der Waals surface area contributed by atoms with Gasteiger partial charge in [-0.25, -0.2) is 0 Å². The molecule has 0 aliphatic rings. The van der Waals surface area contributed by atoms with Crippen molar-refractivity contribution in [3.05, 3.63) is 36.5 Å². The van der Waals surface area contributed by atoms with Crippen molar-refractivity contribution in [1.29, 1.82) is 0 Å². The molecule has 0 N–H and O–H groups in total. The molecule has 1 nitrogen and oxygen atoms in total. The highest BCUT2D eigenvalue weighted by atomic mass is 16.1. The normalized spacial score (nSPS) is 12.1. The van der Waals surface area contributed by atoms with Crippen LogP contribution in [0.5, 0.6) is 0 Å². The predicted molar refractivity (Wildman–Crippen MR) is 80.7 cm³/mol. The molecule has 0 fully saturated rings. The lowest BCUT2D eigenvalue weighted by Crippen LogP contribution is -1.79. The van der Waals surface area contributed by atoms with Crippen molar-refractivity contribution in [2.45, 2.75) is 64.7 Å². The summed E-state index contributed by atoms with van der Waals surface area (Å²) in [4.78, 5) is 10.1. The second-order valence-electron chi connectivity index (χ2n) is 4.45. The molecule has 0 radical (unpaired) electrons. The largest absolute Gasteiger partial charge is 0.303 e. The van der Waals surface area contributed by atoms with Crippen molar-refractivity contribution >= 4 is 6.29 Å². The fourth-order valence-corrected chi connectivity index (χ4v) is 1.67. The first-order chi connectivity index (χ1) is 8.91. The van der Waals surface area contributed by atoms with E-state index < -0.39 is 0 Å². The van der Waals surface area contributed by atoms with E-state index in [9.17, 15) is 4.79 Å². The van der Waals surface area contributed by atoms with E-state index in [0.29, 0.717) is 0 Å². The number of hydrogen-bond acceptors (Lipinski definition) is 1. The van der Waals surface area contributed by atoms with E-state index in [-0.39, 0.29) is 0 Å². The van der Waals surface area contributed by atoms with E-state index in [4.69, 9.17) is 0 Å². The minimum atomic E-state index is 0.729. The van der Waals surface area contributed by atoms with Gasteiger partial charge in [-0.3, -0.25) is 0 Å². The summed E-state index contributed by atoms with van der Waals surface area (Å²) < 4.78 is 0. The van der Waals surface area contributed by atoms with Gasteiger partial charge < -0.3 is 4.79 Å². The van der Waals surface area contributed by atoms with Crippen LogP contribution in [0.1, 0.15) is 64.7 Å². The molecule has 0 bridgehead atoms. The number of carbonyl (C=O) groups excluding carboxylic acids is 1. The van der Waals surface area contributed by atoms with Crippen LogP contribution in [0.25, 0.3) is 0 Å². The maximum absolute atomic E-state index is 10.1. The molecule has 0 aliphatic carbocycles. The number of rotatable bonds is 12. The van der Waals surface area contributed by atoms with Gasteiger partial charge in [-0.15, -0.1) is 0 Å². The van der Waals surface area contributed by atoms with E-state index in [1.165, 1.54) is 25.7 Å². The Hall–Kier alpha value is -1.11. The van der Waals surface area contributed by atoms with Gasteiger partial charge in [0.2, 0.25) is 0 Å². The van der Waals surface area contributed by atoms with Gasteiger partial charge in [-0.2, -0.15) is 0 Å². The average Bonchev–Trinajstić information content (AvgIpc) is 2.39. The highest BCUT2D eigenvalue weighted by Gasteiger charge is 1.87. The Balaban J connectivity index is 3.22. The van der Waals surface area contributed by atoms with Gasteiger partial charge >= 0.3 is 0 Å². The zero-order valence-corrected chi connectivity index (χ0v) is 11.8. The van der Waals surface area contributed by atoms with Crippen LogP contribution in [-0.2, 0) is 4.79 Å². The predicted octanol–water partition coefficient (Wildman–Crippen LogP) is 5.38. The van der Waals surface area contributed by atoms with Crippen LogP contribution in [0.2, 0.25) is 0 Å². The minimum Gasteiger partial charge on any atom is -0.303 e. The van der Waals surface area contributed by atoms with Crippen LogP contribution in [0, 0.1) is 0 Å². The zero-order valence-electron chi connectivity index (χ0n) is 11.8. The highest BCUT2D eigenvalue weighted by molar-refractivity contribution is 5.48. The Morgan fingerprint density at radius 1 is 0.667 bits per heavy atom. The van der Waals surface area contributed by atoms with Crippen LogP contribution in [0.15, 0.2) is 36.5 Å². The van der Waals surface area contributed by atoms with Crippen LogP contribution in [0.3, 0.4) is 0 Å². The second kappa shape index (κ2) is 15.9. The van der Waals surface area contributed by atoms with Crippen molar-refractivity contribution in [3.8, 4) is 0 Å². The summed E-state index contributed by atoms with van der Waals surface area (Å²) in [5, 5.41) is 0. The third-order valence-corrected chi connectivity index (χ3v) is 2.72. The first-order valence-corrected chi connectivity index (χ1v) is 7.30. The number of allylic oxidation sites excluding steroid dienone is 6. The van der Waals surface area contributed by atoms with Crippen LogP contribution < -0.4 is 0 Å². The Morgan fingerprint density at radius 2 is 1.22 bits per heavy atom. The molecular formula is C17H28O. The summed E-state index contributed by atoms with van der Waals surface area (Å²) in [6.07, 6.45) is 24.2. The highest BCUT2D eigenvalue weighted by Crippen LogP contribution is 2.05. The molecule has 0 rings (SSSR count). The molecule has 0 atom stereocenters. The smallest absolute Gasteiger partial charge is 0.119 e. The maximum atomic E-state index is 10.1. The molecule has 0 amide bonds. The van der Waals surface area contributed by atoms with E-state index in [1.54, 1.807) is 0 Å². The Morgan fingerprint density at radius 3 is 1.83 bits per heavy atom. The van der Waals surface area contributed by atoms with Crippen molar-refractivity contribution in [2.24, 2.45) is 0 Å². The summed E-state index contributed by atoms with van der Waals surface area (Å²) >= 11 is 0. The molecule has 0 saturated heterocycles. The second-order valence-corrected chi connectivity index (χ2v) is 4.45. The fourth-order valence-electron chi connectivity index (χ4n) is 1.67. The van der Waals surface area contributed by atoms with Gasteiger partial charge in [0.15, 0.2) is 0 Å². The molecule has 0 aromatic rings. The molecule has 0 heterocycles. The Bertz CT molecular complexity index is 248. The van der Waals surface area contributed by atoms with Crippen molar-refractivity contribution in [3.63, 3.8) is 0 Å². The van der Waals surface area contributed by atoms with Gasteiger partial charge in [-0.05, 0) is 38.5 Å². The van der Waals surface area contributed by atoms with Gasteiger partial charge in [0.05, 0.1) is 0 Å². The lowest BCUT2D eigenvalue weighted by Gasteiger charge is -1.95. The summed E-state index contributed by atoms with van der Waals surface area (Å²) in [6.45, 7) is 2.15. The maximum Gasteiger partial charge on any atom is 0.119 e. The first-order valence-electron chi connectivity index (χ1n) is 7.30. The van der Waals surface area contributed by atoms with Gasteiger partial charge in [0, 0.05) is 6.42 Å². The summed E-state index contributed by atoms with van der Waals surface area (Å²) in [5.74, 6) is 0. The SMILES string of the molecule is CCC=CCC=CC/C=C\CCCCCCC=O. The fraction of sp³-hybridized carbons (Fsp3) is 0.588. The van der Waals surface area contributed by atoms with Crippen LogP contribution in [-0.4, -0.2) is 6.29 Å². The van der Waals surface area contributed by atoms with Crippen molar-refractivity contribution in [2.75, 3.05) is 0 Å². The minimum absolute atomic E-state index is 0.729. The third kappa shape index (κ3) is 14.9. The standard InChI is InChI=1S/C17H28O/c1-2-3-4-5-6-7-8-9-10-11-12-13-14-15-16-17-18/h3-4,6-7,9-10,17H,2,5,8,11-16H2,1H3/b4-3?,7-6?,10-9-. The molecule has 0 aromatic carbocycles. The summed E-state index contributed by atoms with van der Waals surface area (Å²) in [7, 11) is 0. The van der Waals surface area contributed by atoms with Gasteiger partial charge in [0.25, 0.3) is 0 Å². The van der Waals surface area contributed by atoms with Crippen molar-refractivity contribution < 1.29 is 4.79 Å². The van der Waals surface area contributed by atoms with E-state index in [0.717, 1.165) is 38.4 Å². The number of unbranched alkanes of at least 4 members (excludes halogenated alkanes) is 5. The number of hydrogen-bond donors (Lipinski definition) is 0. The number of carbonyl (C=O) groups is 1. The lowest BCUT2D eigenvalue weighted by atomic mass is 10.1. The summed E-state index contributed by atoms with van der Waals surface area (Å²) in [6, 6.07) is 0. The Kier molecular flexibility index (Phi) is 14.9. The topological polar surface area (TPSA) is 17.1 Å². The van der Waals surface area contributed by atoms with Crippen molar-refractivity contribution in [1.82, 2.24) is 0 Å². The molecule has 0 saturated carbocycles. The quantitative estimate of drug-likeness (QED) is 0.257. The lowest BCUT2D eigenvalue weighted by molar-refractivity contribution is -0.107. The van der Waals surface area contributed by atoms with Gasteiger partial charge in [0.1, 0.15) is 6.29 Å². The molecule has 0 spiro atoms. The average molecular weight is 248 g/mol. The first kappa shape index (κ1) is 16.9. The molecule has 18 heavy (non-hydrogen) atoms. The Labute approximate surface area is 113 Å². The van der Waals surface area contributed by atoms with E-state index in [1.807, 2.05) is 0 Å². The molecule has 0 unspecified atom stereocenters. The summed E-state index contributed by atoms with van der Waals surface area (Å²) in [5.41, 5.74) is 0. The molecule has 0 aliphatic heterocycles. The van der Waals surface area contributed by atoms with Crippen LogP contribution >= 0.6 is 0 Å². The van der Waals surface area contributed by atoms with E-state index in [2.05, 4.69) is 43.4 Å². The van der Waals surface area contributed by atoms with Gasteiger partial charge in [-0.1, -0.05) is 56.2 Å². The third-order valence-electron chi connectivity index (χ3n) is 2.72. The van der Waals surface area contributed by atoms with Crippen LogP contribution in [0.4, 0.5) is 0 Å². The monoisotopic (exact) mass is 248 g/mol. The molecule has 1 heteroatoms. The molecule has 102 valence electrons. The number of aldehydes is 1. The zero-order chi connectivity index (χ0) is 13.3. The molecular weight excluding hydrogens is 220 g/mol.